The van der Waals surface area contributed by atoms with Crippen LogP contribution < -0.4 is 21.3 Å². The molecule has 3 amide bonds. The van der Waals surface area contributed by atoms with E-state index in [2.05, 4.69) is 21.3 Å². The normalized spacial score (nSPS) is 16.7. The molecule has 8 heteroatoms. The van der Waals surface area contributed by atoms with Crippen LogP contribution in [0.4, 0.5) is 0 Å². The summed E-state index contributed by atoms with van der Waals surface area (Å²) in [6.45, 7) is 5.02. The van der Waals surface area contributed by atoms with Crippen LogP contribution in [0, 0.1) is 5.92 Å². The van der Waals surface area contributed by atoms with Crippen molar-refractivity contribution in [1.29, 1.82) is 0 Å². The highest BCUT2D eigenvalue weighted by molar-refractivity contribution is 5.96. The number of benzene rings is 1. The first kappa shape index (κ1) is 22.6. The second kappa shape index (κ2) is 10.3. The summed E-state index contributed by atoms with van der Waals surface area (Å²) in [5.41, 5.74) is 1.74. The maximum atomic E-state index is 12.6. The Balaban J connectivity index is 1.65. The molecule has 1 aromatic carbocycles. The number of carbonyl (C=O) groups excluding carboxylic acids is 3. The highest BCUT2D eigenvalue weighted by Gasteiger charge is 2.25. The quantitative estimate of drug-likeness (QED) is 0.514. The fourth-order valence-electron chi connectivity index (χ4n) is 3.57. The fraction of sp³-hybridized carbons (Fsp3) is 0.435. The number of hydrogen-bond donors (Lipinski definition) is 4. The van der Waals surface area contributed by atoms with Crippen LogP contribution in [-0.2, 0) is 16.1 Å². The Bertz CT molecular complexity index is 931. The fourth-order valence-corrected chi connectivity index (χ4v) is 3.57. The van der Waals surface area contributed by atoms with Crippen LogP contribution in [0.1, 0.15) is 42.8 Å². The van der Waals surface area contributed by atoms with Crippen molar-refractivity contribution >= 4 is 17.7 Å². The summed E-state index contributed by atoms with van der Waals surface area (Å²) in [4.78, 5) is 36.7. The molecular formula is C23H30N4O4. The van der Waals surface area contributed by atoms with E-state index in [4.69, 9.17) is 4.42 Å². The molecule has 1 saturated heterocycles. The lowest BCUT2D eigenvalue weighted by Crippen LogP contribution is -2.48. The van der Waals surface area contributed by atoms with Crippen molar-refractivity contribution in [2.45, 2.75) is 45.3 Å². The Kier molecular flexibility index (Phi) is 7.46. The molecule has 4 N–H and O–H groups in total. The van der Waals surface area contributed by atoms with E-state index < -0.39 is 11.9 Å². The molecule has 8 nitrogen and oxygen atoms in total. The molecule has 166 valence electrons. The van der Waals surface area contributed by atoms with Crippen LogP contribution in [0.15, 0.2) is 40.8 Å². The van der Waals surface area contributed by atoms with Crippen LogP contribution >= 0.6 is 0 Å². The van der Waals surface area contributed by atoms with Gasteiger partial charge < -0.3 is 25.7 Å². The summed E-state index contributed by atoms with van der Waals surface area (Å²) in [5.74, 6) is -0.0774. The minimum Gasteiger partial charge on any atom is -0.451 e. The number of hydrogen-bond acceptors (Lipinski definition) is 5. The third-order valence-corrected chi connectivity index (χ3v) is 5.37. The highest BCUT2D eigenvalue weighted by Crippen LogP contribution is 2.23. The summed E-state index contributed by atoms with van der Waals surface area (Å²) < 4.78 is 5.75. The molecule has 1 aliphatic heterocycles. The van der Waals surface area contributed by atoms with Crippen LogP contribution in [0.2, 0.25) is 0 Å². The van der Waals surface area contributed by atoms with Gasteiger partial charge in [0.2, 0.25) is 11.8 Å². The summed E-state index contributed by atoms with van der Waals surface area (Å²) in [7, 11) is 1.54. The molecule has 0 aliphatic carbocycles. The summed E-state index contributed by atoms with van der Waals surface area (Å²) in [5, 5.41) is 11.4. The van der Waals surface area contributed by atoms with Crippen LogP contribution in [0.3, 0.4) is 0 Å². The molecule has 0 saturated carbocycles. The molecule has 1 fully saturated rings. The Labute approximate surface area is 182 Å². The summed E-state index contributed by atoms with van der Waals surface area (Å²) in [6.07, 6.45) is 1.88. The number of furan rings is 1. The second-order valence-corrected chi connectivity index (χ2v) is 8.04. The zero-order chi connectivity index (χ0) is 22.4. The SMILES string of the molecule is CNC(=O)[C@@H](NC(=O)c1ccc(-c2cccc(CNC(=O)[C@@H]3CCCN3)c2)o1)C(C)C. The number of rotatable bonds is 8. The van der Waals surface area contributed by atoms with Crippen LogP contribution in [-0.4, -0.2) is 43.4 Å². The van der Waals surface area contributed by atoms with Gasteiger partial charge in [-0.05, 0) is 49.1 Å². The van der Waals surface area contributed by atoms with Gasteiger partial charge in [0.1, 0.15) is 11.8 Å². The first-order chi connectivity index (χ1) is 14.9. The zero-order valence-electron chi connectivity index (χ0n) is 18.2. The molecule has 0 unspecified atom stereocenters. The van der Waals surface area contributed by atoms with E-state index in [1.54, 1.807) is 12.1 Å². The minimum atomic E-state index is -0.646. The standard InChI is InChI=1S/C23H30N4O4/c1-14(2)20(23(30)24-3)27-22(29)19-10-9-18(31-19)16-7-4-6-15(12-16)13-26-21(28)17-8-5-11-25-17/h4,6-7,9-10,12,14,17,20,25H,5,8,11,13H2,1-3H3,(H,24,30)(H,26,28)(H,27,29)/t17-,20-/m0/s1. The number of nitrogens with one attached hydrogen (secondary N) is 4. The smallest absolute Gasteiger partial charge is 0.287 e. The summed E-state index contributed by atoms with van der Waals surface area (Å²) in [6, 6.07) is 10.2. The predicted octanol–water partition coefficient (Wildman–Crippen LogP) is 1.82. The van der Waals surface area contributed by atoms with Gasteiger partial charge in [-0.1, -0.05) is 32.0 Å². The molecule has 0 radical (unpaired) electrons. The van der Waals surface area contributed by atoms with Gasteiger partial charge in [-0.3, -0.25) is 14.4 Å². The van der Waals surface area contributed by atoms with Crippen LogP contribution in [0.5, 0.6) is 0 Å². The first-order valence-corrected chi connectivity index (χ1v) is 10.6. The molecule has 31 heavy (non-hydrogen) atoms. The van der Waals surface area contributed by atoms with Gasteiger partial charge in [-0.2, -0.15) is 0 Å². The van der Waals surface area contributed by atoms with Gasteiger partial charge in [0.15, 0.2) is 5.76 Å². The van der Waals surface area contributed by atoms with Crippen molar-refractivity contribution in [1.82, 2.24) is 21.3 Å². The van der Waals surface area contributed by atoms with Crippen LogP contribution in [0.25, 0.3) is 11.3 Å². The molecule has 1 aliphatic rings. The number of carbonyl (C=O) groups is 3. The van der Waals surface area contributed by atoms with Crippen molar-refractivity contribution in [3.63, 3.8) is 0 Å². The summed E-state index contributed by atoms with van der Waals surface area (Å²) >= 11 is 0. The van der Waals surface area contributed by atoms with E-state index in [0.717, 1.165) is 30.5 Å². The second-order valence-electron chi connectivity index (χ2n) is 8.04. The Morgan fingerprint density at radius 2 is 2.00 bits per heavy atom. The monoisotopic (exact) mass is 426 g/mol. The Morgan fingerprint density at radius 1 is 1.19 bits per heavy atom. The third kappa shape index (κ3) is 5.73. The van der Waals surface area contributed by atoms with Crippen molar-refractivity contribution in [2.24, 2.45) is 5.92 Å². The Hall–Kier alpha value is -3.13. The van der Waals surface area contributed by atoms with E-state index in [-0.39, 0.29) is 29.5 Å². The molecule has 2 aromatic rings. The first-order valence-electron chi connectivity index (χ1n) is 10.6. The molecule has 3 rings (SSSR count). The van der Waals surface area contributed by atoms with E-state index in [1.807, 2.05) is 38.1 Å². The maximum absolute atomic E-state index is 12.6. The average molecular weight is 427 g/mol. The van der Waals surface area contributed by atoms with Gasteiger partial charge >= 0.3 is 0 Å². The largest absolute Gasteiger partial charge is 0.451 e. The zero-order valence-corrected chi connectivity index (χ0v) is 18.2. The van der Waals surface area contributed by atoms with E-state index in [1.165, 1.54) is 7.05 Å². The highest BCUT2D eigenvalue weighted by atomic mass is 16.4. The molecule has 2 heterocycles. The van der Waals surface area contributed by atoms with Crippen molar-refractivity contribution < 1.29 is 18.8 Å². The van der Waals surface area contributed by atoms with E-state index in [9.17, 15) is 14.4 Å². The lowest BCUT2D eigenvalue weighted by Gasteiger charge is -2.19. The lowest BCUT2D eigenvalue weighted by molar-refractivity contribution is -0.124. The van der Waals surface area contributed by atoms with Crippen molar-refractivity contribution in [3.05, 3.63) is 47.7 Å². The van der Waals surface area contributed by atoms with Gasteiger partial charge in [0, 0.05) is 19.2 Å². The number of likely N-dealkylation sites (N-methyl/N-ethyl adjacent to an activating group) is 1. The van der Waals surface area contributed by atoms with Gasteiger partial charge in [0.25, 0.3) is 5.91 Å². The van der Waals surface area contributed by atoms with Crippen molar-refractivity contribution in [3.8, 4) is 11.3 Å². The predicted molar refractivity (Wildman–Crippen MR) is 117 cm³/mol. The van der Waals surface area contributed by atoms with E-state index in [0.29, 0.717) is 12.3 Å². The van der Waals surface area contributed by atoms with Crippen molar-refractivity contribution in [2.75, 3.05) is 13.6 Å². The van der Waals surface area contributed by atoms with Gasteiger partial charge in [0.05, 0.1) is 6.04 Å². The maximum Gasteiger partial charge on any atom is 0.287 e. The van der Waals surface area contributed by atoms with Gasteiger partial charge in [-0.15, -0.1) is 0 Å². The molecule has 2 atom stereocenters. The molecule has 0 bridgehead atoms. The minimum absolute atomic E-state index is 0.00989. The topological polar surface area (TPSA) is 112 Å². The molecule has 0 spiro atoms. The average Bonchev–Trinajstić information content (AvgIpc) is 3.47. The number of amides is 3. The molecule has 1 aromatic heterocycles. The third-order valence-electron chi connectivity index (χ3n) is 5.37. The Morgan fingerprint density at radius 3 is 2.68 bits per heavy atom. The van der Waals surface area contributed by atoms with E-state index >= 15 is 0 Å². The lowest BCUT2D eigenvalue weighted by atomic mass is 10.0. The molecular weight excluding hydrogens is 396 g/mol. The van der Waals surface area contributed by atoms with Gasteiger partial charge in [-0.25, -0.2) is 0 Å².